The Bertz CT molecular complexity index is 1320. The second-order valence-electron chi connectivity index (χ2n) is 10.1. The van der Waals surface area contributed by atoms with E-state index < -0.39 is 34.4 Å². The van der Waals surface area contributed by atoms with Gasteiger partial charge < -0.3 is 0 Å². The fraction of sp³-hybridized carbons (Fsp3) is 0.286. The van der Waals surface area contributed by atoms with E-state index in [2.05, 4.69) is 9.98 Å². The molecule has 34 heavy (non-hydrogen) atoms. The van der Waals surface area contributed by atoms with E-state index in [-0.39, 0.29) is 22.0 Å². The molecule has 2 aliphatic rings. The van der Waals surface area contributed by atoms with Gasteiger partial charge in [-0.2, -0.15) is 0 Å². The van der Waals surface area contributed by atoms with E-state index >= 15 is 17.6 Å². The van der Waals surface area contributed by atoms with Crippen molar-refractivity contribution in [2.75, 3.05) is 0 Å². The highest BCUT2D eigenvalue weighted by Crippen LogP contribution is 2.46. The number of fused-ring (bicyclic) bond motifs is 2. The van der Waals surface area contributed by atoms with Gasteiger partial charge in [-0.05, 0) is 48.2 Å². The van der Waals surface area contributed by atoms with Gasteiger partial charge in [0.15, 0.2) is 23.3 Å². The van der Waals surface area contributed by atoms with Gasteiger partial charge in [-0.15, -0.1) is 0 Å². The quantitative estimate of drug-likeness (QED) is 0.269. The van der Waals surface area contributed by atoms with Gasteiger partial charge in [-0.3, -0.25) is 9.98 Å². The smallest absolute Gasteiger partial charge is 0.170 e. The monoisotopic (exact) mass is 464 g/mol. The lowest BCUT2D eigenvalue weighted by Crippen LogP contribution is -2.22. The van der Waals surface area contributed by atoms with Crippen molar-refractivity contribution in [1.29, 1.82) is 0 Å². The third kappa shape index (κ3) is 2.93. The molecule has 0 atom stereocenters. The fourth-order valence-corrected chi connectivity index (χ4v) is 4.79. The Balaban J connectivity index is 1.66. The molecule has 5 rings (SSSR count). The molecule has 3 aromatic carbocycles. The molecular weight excluding hydrogens is 440 g/mol. The Hall–Kier alpha value is -3.28. The van der Waals surface area contributed by atoms with E-state index in [4.69, 9.17) is 0 Å². The van der Waals surface area contributed by atoms with Crippen LogP contribution in [0.3, 0.4) is 0 Å². The SMILES string of the molecule is CC1=Nc2cc(-c3c(F)c(F)c(-c4ccc5c(c4)N=C(C)C5(C)C)c(F)c3F)ccc2C1(C)C. The van der Waals surface area contributed by atoms with Crippen molar-refractivity contribution >= 4 is 22.8 Å². The van der Waals surface area contributed by atoms with E-state index in [0.29, 0.717) is 11.4 Å². The van der Waals surface area contributed by atoms with Gasteiger partial charge in [-0.25, -0.2) is 17.6 Å². The highest BCUT2D eigenvalue weighted by Gasteiger charge is 2.35. The molecule has 0 fully saturated rings. The summed E-state index contributed by atoms with van der Waals surface area (Å²) in [5.74, 6) is -5.75. The van der Waals surface area contributed by atoms with E-state index in [1.807, 2.05) is 41.5 Å². The lowest BCUT2D eigenvalue weighted by molar-refractivity contribution is 0.463. The second-order valence-corrected chi connectivity index (χ2v) is 10.1. The number of aliphatic imine (C=N–C) groups is 2. The van der Waals surface area contributed by atoms with Crippen LogP contribution in [-0.4, -0.2) is 11.4 Å². The van der Waals surface area contributed by atoms with Gasteiger partial charge in [-0.1, -0.05) is 52.0 Å². The predicted octanol–water partition coefficient (Wildman–Crippen LogP) is 8.34. The third-order valence-corrected chi connectivity index (χ3v) is 7.57. The van der Waals surface area contributed by atoms with Crippen LogP contribution >= 0.6 is 0 Å². The fourth-order valence-electron chi connectivity index (χ4n) is 4.79. The molecule has 0 amide bonds. The van der Waals surface area contributed by atoms with Crippen LogP contribution in [0.4, 0.5) is 28.9 Å². The number of rotatable bonds is 2. The van der Waals surface area contributed by atoms with Gasteiger partial charge >= 0.3 is 0 Å². The average molecular weight is 465 g/mol. The Kier molecular flexibility index (Phi) is 4.71. The minimum atomic E-state index is -1.44. The first-order chi connectivity index (χ1) is 15.9. The third-order valence-electron chi connectivity index (χ3n) is 7.57. The summed E-state index contributed by atoms with van der Waals surface area (Å²) in [7, 11) is 0. The zero-order chi connectivity index (χ0) is 24.7. The Morgan fingerprint density at radius 3 is 1.21 bits per heavy atom. The highest BCUT2D eigenvalue weighted by atomic mass is 19.2. The van der Waals surface area contributed by atoms with E-state index in [0.717, 1.165) is 22.6 Å². The molecule has 2 heterocycles. The molecule has 174 valence electrons. The zero-order valence-electron chi connectivity index (χ0n) is 19.9. The lowest BCUT2D eigenvalue weighted by atomic mass is 9.81. The molecule has 0 aromatic heterocycles. The average Bonchev–Trinajstić information content (AvgIpc) is 3.14. The summed E-state index contributed by atoms with van der Waals surface area (Å²) in [6.45, 7) is 11.7. The molecule has 0 saturated heterocycles. The molecule has 0 aliphatic carbocycles. The lowest BCUT2D eigenvalue weighted by Gasteiger charge is -2.20. The second kappa shape index (κ2) is 7.11. The zero-order valence-corrected chi connectivity index (χ0v) is 19.9. The molecule has 0 spiro atoms. The van der Waals surface area contributed by atoms with Crippen molar-refractivity contribution in [2.45, 2.75) is 52.4 Å². The van der Waals surface area contributed by atoms with Crippen molar-refractivity contribution in [1.82, 2.24) is 0 Å². The van der Waals surface area contributed by atoms with Crippen molar-refractivity contribution < 1.29 is 17.6 Å². The first-order valence-corrected chi connectivity index (χ1v) is 11.1. The summed E-state index contributed by atoms with van der Waals surface area (Å²) in [5.41, 5.74) is 2.50. The van der Waals surface area contributed by atoms with Crippen LogP contribution in [-0.2, 0) is 10.8 Å². The number of nitrogens with zero attached hydrogens (tertiary/aromatic N) is 2. The van der Waals surface area contributed by atoms with E-state index in [1.165, 1.54) is 24.3 Å². The van der Waals surface area contributed by atoms with Crippen molar-refractivity contribution in [3.63, 3.8) is 0 Å². The molecule has 0 radical (unpaired) electrons. The van der Waals surface area contributed by atoms with Gasteiger partial charge in [0.25, 0.3) is 0 Å². The largest absolute Gasteiger partial charge is 0.257 e. The predicted molar refractivity (Wildman–Crippen MR) is 129 cm³/mol. The number of benzene rings is 3. The Labute approximate surface area is 196 Å². The van der Waals surface area contributed by atoms with E-state index in [1.54, 1.807) is 12.1 Å². The summed E-state index contributed by atoms with van der Waals surface area (Å²) < 4.78 is 61.1. The number of hydrogen-bond donors (Lipinski definition) is 0. The van der Waals surface area contributed by atoms with Crippen LogP contribution in [0.1, 0.15) is 52.7 Å². The van der Waals surface area contributed by atoms with Crippen LogP contribution in [0, 0.1) is 23.3 Å². The molecular formula is C28H24F4N2. The van der Waals surface area contributed by atoms with Crippen molar-refractivity contribution in [2.24, 2.45) is 9.98 Å². The normalized spacial score (nSPS) is 17.4. The molecule has 0 saturated carbocycles. The van der Waals surface area contributed by atoms with Crippen LogP contribution in [0.15, 0.2) is 46.4 Å². The number of hydrogen-bond acceptors (Lipinski definition) is 2. The van der Waals surface area contributed by atoms with Crippen LogP contribution in [0.5, 0.6) is 0 Å². The summed E-state index contributed by atoms with van der Waals surface area (Å²) >= 11 is 0. The molecule has 2 nitrogen and oxygen atoms in total. The van der Waals surface area contributed by atoms with Gasteiger partial charge in [0.1, 0.15) is 0 Å². The number of halogens is 4. The maximum absolute atomic E-state index is 15.3. The van der Waals surface area contributed by atoms with Crippen molar-refractivity contribution in [3.8, 4) is 22.3 Å². The summed E-state index contributed by atoms with van der Waals surface area (Å²) in [6.07, 6.45) is 0. The first-order valence-electron chi connectivity index (χ1n) is 11.1. The summed E-state index contributed by atoms with van der Waals surface area (Å²) in [4.78, 5) is 8.97. The Morgan fingerprint density at radius 1 is 0.559 bits per heavy atom. The molecule has 0 bridgehead atoms. The molecule has 3 aromatic rings. The van der Waals surface area contributed by atoms with Gasteiger partial charge in [0.05, 0.1) is 22.5 Å². The molecule has 6 heteroatoms. The summed E-state index contributed by atoms with van der Waals surface area (Å²) in [6, 6.07) is 9.31. The summed E-state index contributed by atoms with van der Waals surface area (Å²) in [5, 5.41) is 0. The van der Waals surface area contributed by atoms with Gasteiger partial charge in [0.2, 0.25) is 0 Å². The van der Waals surface area contributed by atoms with E-state index in [9.17, 15) is 0 Å². The molecule has 0 N–H and O–H groups in total. The molecule has 0 unspecified atom stereocenters. The maximum atomic E-state index is 15.3. The standard InChI is InChI=1S/C28H24F4N2/c1-13-27(3,4)17-9-7-15(11-19(17)33-13)21-23(29)25(31)22(26(32)24(21)30)16-8-10-18-20(12-16)34-14(2)28(18,5)6/h7-12H,1-6H3. The molecule has 2 aliphatic heterocycles. The van der Waals surface area contributed by atoms with Crippen LogP contribution in [0.2, 0.25) is 0 Å². The highest BCUT2D eigenvalue weighted by molar-refractivity contribution is 6.01. The first kappa shape index (κ1) is 22.5. The maximum Gasteiger partial charge on any atom is 0.170 e. The minimum Gasteiger partial charge on any atom is -0.257 e. The van der Waals surface area contributed by atoms with Crippen molar-refractivity contribution in [3.05, 3.63) is 70.8 Å². The topological polar surface area (TPSA) is 24.7 Å². The van der Waals surface area contributed by atoms with Gasteiger partial charge in [0, 0.05) is 22.3 Å². The Morgan fingerprint density at radius 2 is 0.882 bits per heavy atom. The van der Waals surface area contributed by atoms with Crippen LogP contribution < -0.4 is 0 Å². The minimum absolute atomic E-state index is 0.0308. The van der Waals surface area contributed by atoms with Crippen LogP contribution in [0.25, 0.3) is 22.3 Å².